The minimum absolute atomic E-state index is 0.0198. The summed E-state index contributed by atoms with van der Waals surface area (Å²) in [5, 5.41) is 2.72. The maximum absolute atomic E-state index is 12.2. The first-order valence-electron chi connectivity index (χ1n) is 6.79. The fraction of sp³-hybridized carbons (Fsp3) is 0.846. The molecule has 5 nitrogen and oxygen atoms in total. The van der Waals surface area contributed by atoms with E-state index in [0.717, 1.165) is 25.9 Å². The molecule has 0 aliphatic carbocycles. The average Bonchev–Trinajstić information content (AvgIpc) is 2.78. The van der Waals surface area contributed by atoms with E-state index < -0.39 is 6.04 Å². The Labute approximate surface area is 108 Å². The van der Waals surface area contributed by atoms with Crippen LogP contribution in [0.4, 0.5) is 0 Å². The molecule has 0 saturated carbocycles. The van der Waals surface area contributed by atoms with Gasteiger partial charge in [0.2, 0.25) is 11.8 Å². The topological polar surface area (TPSA) is 58.6 Å². The van der Waals surface area contributed by atoms with E-state index in [0.29, 0.717) is 13.0 Å². The standard InChI is InChI=1S/C13H22N2O3/c1-9-8-12(16)14-10(2)13(17)15(9)6-5-11-4-3-7-18-11/h9-11H,3-8H2,1-2H3,(H,14,16). The van der Waals surface area contributed by atoms with E-state index in [1.807, 2.05) is 11.8 Å². The summed E-state index contributed by atoms with van der Waals surface area (Å²) < 4.78 is 5.57. The molecule has 2 aliphatic heterocycles. The van der Waals surface area contributed by atoms with Crippen LogP contribution in [0.5, 0.6) is 0 Å². The van der Waals surface area contributed by atoms with Gasteiger partial charge in [0.25, 0.3) is 0 Å². The lowest BCUT2D eigenvalue weighted by Gasteiger charge is -2.28. The smallest absolute Gasteiger partial charge is 0.245 e. The number of nitrogens with one attached hydrogen (secondary N) is 1. The van der Waals surface area contributed by atoms with Crippen LogP contribution in [0.3, 0.4) is 0 Å². The minimum atomic E-state index is -0.410. The molecule has 2 heterocycles. The summed E-state index contributed by atoms with van der Waals surface area (Å²) in [6.45, 7) is 5.21. The van der Waals surface area contributed by atoms with E-state index in [-0.39, 0.29) is 24.0 Å². The Morgan fingerprint density at radius 3 is 2.83 bits per heavy atom. The van der Waals surface area contributed by atoms with Crippen molar-refractivity contribution in [1.29, 1.82) is 0 Å². The number of carbonyl (C=O) groups excluding carboxylic acids is 2. The zero-order valence-electron chi connectivity index (χ0n) is 11.1. The van der Waals surface area contributed by atoms with Gasteiger partial charge in [-0.05, 0) is 33.1 Å². The highest BCUT2D eigenvalue weighted by atomic mass is 16.5. The summed E-state index contributed by atoms with van der Waals surface area (Å²) in [6.07, 6.45) is 3.75. The second-order valence-corrected chi connectivity index (χ2v) is 5.30. The maximum atomic E-state index is 12.2. The van der Waals surface area contributed by atoms with Crippen molar-refractivity contribution in [2.75, 3.05) is 13.2 Å². The van der Waals surface area contributed by atoms with Crippen molar-refractivity contribution in [1.82, 2.24) is 10.2 Å². The zero-order chi connectivity index (χ0) is 13.1. The first kappa shape index (κ1) is 13.3. The van der Waals surface area contributed by atoms with Gasteiger partial charge in [-0.25, -0.2) is 0 Å². The molecule has 18 heavy (non-hydrogen) atoms. The molecule has 5 heteroatoms. The molecular weight excluding hydrogens is 232 g/mol. The molecule has 0 bridgehead atoms. The van der Waals surface area contributed by atoms with Crippen LogP contribution in [0.25, 0.3) is 0 Å². The average molecular weight is 254 g/mol. The molecule has 0 radical (unpaired) electrons. The zero-order valence-corrected chi connectivity index (χ0v) is 11.1. The molecule has 0 spiro atoms. The van der Waals surface area contributed by atoms with Crippen molar-refractivity contribution in [2.24, 2.45) is 0 Å². The lowest BCUT2D eigenvalue weighted by Crippen LogP contribution is -2.45. The number of amides is 2. The highest BCUT2D eigenvalue weighted by Crippen LogP contribution is 2.18. The van der Waals surface area contributed by atoms with Gasteiger partial charge >= 0.3 is 0 Å². The van der Waals surface area contributed by atoms with E-state index in [4.69, 9.17) is 4.74 Å². The SMILES string of the molecule is CC1NC(=O)CC(C)N(CCC2CCCO2)C1=O. The molecule has 2 saturated heterocycles. The number of hydrogen-bond acceptors (Lipinski definition) is 3. The normalized spacial score (nSPS) is 33.4. The molecule has 3 atom stereocenters. The Bertz CT molecular complexity index is 326. The Hall–Kier alpha value is -1.10. The fourth-order valence-corrected chi connectivity index (χ4v) is 2.69. The number of ether oxygens (including phenoxy) is 1. The minimum Gasteiger partial charge on any atom is -0.378 e. The molecule has 0 aromatic carbocycles. The third-order valence-electron chi connectivity index (χ3n) is 3.76. The van der Waals surface area contributed by atoms with Crippen LogP contribution in [0.2, 0.25) is 0 Å². The van der Waals surface area contributed by atoms with Gasteiger partial charge in [-0.15, -0.1) is 0 Å². The van der Waals surface area contributed by atoms with Crippen LogP contribution in [0.15, 0.2) is 0 Å². The third-order valence-corrected chi connectivity index (χ3v) is 3.76. The number of nitrogens with zero attached hydrogens (tertiary/aromatic N) is 1. The second kappa shape index (κ2) is 5.69. The maximum Gasteiger partial charge on any atom is 0.245 e. The highest BCUT2D eigenvalue weighted by Gasteiger charge is 2.31. The van der Waals surface area contributed by atoms with Crippen LogP contribution in [0, 0.1) is 0 Å². The summed E-state index contributed by atoms with van der Waals surface area (Å²) in [7, 11) is 0. The molecule has 2 rings (SSSR count). The summed E-state index contributed by atoms with van der Waals surface area (Å²) in [5.74, 6) is -0.0192. The van der Waals surface area contributed by atoms with Crippen LogP contribution in [-0.2, 0) is 14.3 Å². The highest BCUT2D eigenvalue weighted by molar-refractivity contribution is 5.90. The molecule has 102 valence electrons. The van der Waals surface area contributed by atoms with E-state index in [9.17, 15) is 9.59 Å². The molecule has 3 unspecified atom stereocenters. The third kappa shape index (κ3) is 3.02. The van der Waals surface area contributed by atoms with E-state index in [2.05, 4.69) is 5.32 Å². The van der Waals surface area contributed by atoms with Crippen molar-refractivity contribution < 1.29 is 14.3 Å². The summed E-state index contributed by atoms with van der Waals surface area (Å²) in [4.78, 5) is 25.5. The molecular formula is C13H22N2O3. The van der Waals surface area contributed by atoms with E-state index >= 15 is 0 Å². The number of rotatable bonds is 3. The van der Waals surface area contributed by atoms with Gasteiger partial charge in [-0.2, -0.15) is 0 Å². The Morgan fingerprint density at radius 1 is 1.39 bits per heavy atom. The van der Waals surface area contributed by atoms with Crippen molar-refractivity contribution >= 4 is 11.8 Å². The predicted molar refractivity (Wildman–Crippen MR) is 67.0 cm³/mol. The first-order valence-corrected chi connectivity index (χ1v) is 6.79. The first-order chi connectivity index (χ1) is 8.58. The second-order valence-electron chi connectivity index (χ2n) is 5.30. The fourth-order valence-electron chi connectivity index (χ4n) is 2.69. The Kier molecular flexibility index (Phi) is 4.22. The van der Waals surface area contributed by atoms with Gasteiger partial charge < -0.3 is 15.0 Å². The largest absolute Gasteiger partial charge is 0.378 e. The van der Waals surface area contributed by atoms with Crippen LogP contribution >= 0.6 is 0 Å². The monoisotopic (exact) mass is 254 g/mol. The number of hydrogen-bond donors (Lipinski definition) is 1. The van der Waals surface area contributed by atoms with Gasteiger partial charge in [-0.1, -0.05) is 0 Å². The van der Waals surface area contributed by atoms with Gasteiger partial charge in [0.15, 0.2) is 0 Å². The van der Waals surface area contributed by atoms with Crippen LogP contribution < -0.4 is 5.32 Å². The molecule has 2 amide bonds. The Balaban J connectivity index is 1.94. The Morgan fingerprint density at radius 2 is 2.17 bits per heavy atom. The molecule has 2 aliphatic rings. The number of carbonyl (C=O) groups is 2. The predicted octanol–water partition coefficient (Wildman–Crippen LogP) is 0.681. The quantitative estimate of drug-likeness (QED) is 0.806. The van der Waals surface area contributed by atoms with Crippen LogP contribution in [0.1, 0.15) is 39.5 Å². The molecule has 2 fully saturated rings. The van der Waals surface area contributed by atoms with E-state index in [1.165, 1.54) is 0 Å². The summed E-state index contributed by atoms with van der Waals surface area (Å²) in [6, 6.07) is -0.434. The molecule has 0 aromatic rings. The van der Waals surface area contributed by atoms with Gasteiger partial charge in [0.1, 0.15) is 6.04 Å². The summed E-state index contributed by atoms with van der Waals surface area (Å²) in [5.41, 5.74) is 0. The molecule has 0 aromatic heterocycles. The van der Waals surface area contributed by atoms with Gasteiger partial charge in [-0.3, -0.25) is 9.59 Å². The van der Waals surface area contributed by atoms with E-state index in [1.54, 1.807) is 6.92 Å². The van der Waals surface area contributed by atoms with Crippen molar-refractivity contribution in [3.05, 3.63) is 0 Å². The van der Waals surface area contributed by atoms with Crippen LogP contribution in [-0.4, -0.2) is 48.1 Å². The van der Waals surface area contributed by atoms with Gasteiger partial charge in [0, 0.05) is 25.6 Å². The lowest BCUT2D eigenvalue weighted by molar-refractivity contribution is -0.134. The van der Waals surface area contributed by atoms with Crippen molar-refractivity contribution in [2.45, 2.75) is 57.7 Å². The lowest BCUT2D eigenvalue weighted by atomic mass is 10.1. The molecule has 1 N–H and O–H groups in total. The summed E-state index contributed by atoms with van der Waals surface area (Å²) >= 11 is 0. The van der Waals surface area contributed by atoms with Crippen molar-refractivity contribution in [3.63, 3.8) is 0 Å². The van der Waals surface area contributed by atoms with Crippen molar-refractivity contribution in [3.8, 4) is 0 Å². The van der Waals surface area contributed by atoms with Gasteiger partial charge in [0.05, 0.1) is 6.10 Å².